The number of aryl methyl sites for hydroxylation is 1. The van der Waals surface area contributed by atoms with Gasteiger partial charge in [-0.1, -0.05) is 24.3 Å². The molecule has 0 aliphatic carbocycles. The highest BCUT2D eigenvalue weighted by molar-refractivity contribution is 5.26. The molecule has 1 rings (SSSR count). The van der Waals surface area contributed by atoms with Gasteiger partial charge in [-0.2, -0.15) is 0 Å². The maximum absolute atomic E-state index is 10.3. The van der Waals surface area contributed by atoms with E-state index in [0.717, 1.165) is 16.0 Å². The highest BCUT2D eigenvalue weighted by atomic mass is 16.3. The van der Waals surface area contributed by atoms with Gasteiger partial charge in [-0.15, -0.1) is 0 Å². The van der Waals surface area contributed by atoms with E-state index < -0.39 is 6.23 Å². The first kappa shape index (κ1) is 12.2. The lowest BCUT2D eigenvalue weighted by atomic mass is 10.0. The van der Waals surface area contributed by atoms with Crippen molar-refractivity contribution in [3.05, 3.63) is 35.4 Å². The molecule has 0 radical (unpaired) electrons. The maximum atomic E-state index is 10.3. The van der Waals surface area contributed by atoms with Crippen LogP contribution >= 0.6 is 0 Å². The summed E-state index contributed by atoms with van der Waals surface area (Å²) in [4.78, 5) is 1.11. The van der Waals surface area contributed by atoms with Crippen LogP contribution in [0.3, 0.4) is 0 Å². The molecule has 0 amide bonds. The van der Waals surface area contributed by atoms with Crippen molar-refractivity contribution in [3.63, 3.8) is 0 Å². The Morgan fingerprint density at radius 3 is 2.20 bits per heavy atom. The average molecular weight is 208 g/mol. The third kappa shape index (κ3) is 2.80. The molecule has 2 nitrogen and oxygen atoms in total. The zero-order chi connectivity index (χ0) is 11.6. The standard InChI is InChI=1S/C13H21NO/c1-10-8-6-7-9-11(10)12(15)14(5)13(2,3)4/h6-9,12,15H,1-5H3/p+1. The van der Waals surface area contributed by atoms with Gasteiger partial charge in [0, 0.05) is 5.56 Å². The summed E-state index contributed by atoms with van der Waals surface area (Å²) in [6.07, 6.45) is -0.453. The van der Waals surface area contributed by atoms with Gasteiger partial charge >= 0.3 is 0 Å². The zero-order valence-corrected chi connectivity index (χ0v) is 10.3. The van der Waals surface area contributed by atoms with Crippen LogP contribution in [0.15, 0.2) is 24.3 Å². The number of aliphatic hydroxyl groups excluding tert-OH is 1. The minimum absolute atomic E-state index is 0.0434. The minimum Gasteiger partial charge on any atom is -0.341 e. The Morgan fingerprint density at radius 1 is 1.20 bits per heavy atom. The van der Waals surface area contributed by atoms with Crippen molar-refractivity contribution >= 4 is 0 Å². The number of nitrogens with one attached hydrogen (secondary N) is 1. The average Bonchev–Trinajstić information content (AvgIpc) is 2.15. The molecule has 0 spiro atoms. The monoisotopic (exact) mass is 208 g/mol. The smallest absolute Gasteiger partial charge is 0.216 e. The Hall–Kier alpha value is -0.860. The van der Waals surface area contributed by atoms with Crippen LogP contribution in [0, 0.1) is 6.92 Å². The molecule has 0 aliphatic rings. The van der Waals surface area contributed by atoms with Gasteiger partial charge in [-0.3, -0.25) is 0 Å². The van der Waals surface area contributed by atoms with Crippen molar-refractivity contribution < 1.29 is 10.0 Å². The van der Waals surface area contributed by atoms with Gasteiger partial charge in [-0.05, 0) is 33.3 Å². The van der Waals surface area contributed by atoms with E-state index in [0.29, 0.717) is 0 Å². The molecule has 0 heterocycles. The normalized spacial score (nSPS) is 16.1. The van der Waals surface area contributed by atoms with E-state index in [2.05, 4.69) is 20.8 Å². The summed E-state index contributed by atoms with van der Waals surface area (Å²) in [7, 11) is 2.02. The highest BCUT2D eigenvalue weighted by Crippen LogP contribution is 2.13. The lowest BCUT2D eigenvalue weighted by Gasteiger charge is -2.33. The van der Waals surface area contributed by atoms with Crippen LogP contribution in [0.4, 0.5) is 0 Å². The summed E-state index contributed by atoms with van der Waals surface area (Å²) in [6, 6.07) is 8.00. The molecular formula is C13H22NO+. The van der Waals surface area contributed by atoms with E-state index in [9.17, 15) is 5.11 Å². The van der Waals surface area contributed by atoms with E-state index in [1.807, 2.05) is 38.2 Å². The first-order valence-electron chi connectivity index (χ1n) is 5.41. The van der Waals surface area contributed by atoms with Crippen LogP contribution in [-0.2, 0) is 0 Å². The Kier molecular flexibility index (Phi) is 3.53. The zero-order valence-electron chi connectivity index (χ0n) is 10.3. The molecular weight excluding hydrogens is 186 g/mol. The van der Waals surface area contributed by atoms with Gasteiger partial charge in [0.1, 0.15) is 0 Å². The van der Waals surface area contributed by atoms with Crippen molar-refractivity contribution in [2.45, 2.75) is 39.5 Å². The van der Waals surface area contributed by atoms with Crippen LogP contribution in [-0.4, -0.2) is 17.7 Å². The van der Waals surface area contributed by atoms with E-state index >= 15 is 0 Å². The van der Waals surface area contributed by atoms with Crippen LogP contribution in [0.25, 0.3) is 0 Å². The summed E-state index contributed by atoms with van der Waals surface area (Å²) in [5.41, 5.74) is 2.21. The lowest BCUT2D eigenvalue weighted by Crippen LogP contribution is -3.16. The highest BCUT2D eigenvalue weighted by Gasteiger charge is 2.29. The molecule has 0 aromatic heterocycles. The first-order chi connectivity index (χ1) is 6.84. The predicted octanol–water partition coefficient (Wildman–Crippen LogP) is 1.30. The minimum atomic E-state index is -0.453. The van der Waals surface area contributed by atoms with Gasteiger partial charge in [0.15, 0.2) is 0 Å². The van der Waals surface area contributed by atoms with Gasteiger partial charge in [-0.25, -0.2) is 0 Å². The molecule has 0 saturated carbocycles. The molecule has 84 valence electrons. The summed E-state index contributed by atoms with van der Waals surface area (Å²) in [6.45, 7) is 8.42. The van der Waals surface area contributed by atoms with Crippen molar-refractivity contribution in [1.82, 2.24) is 0 Å². The maximum Gasteiger partial charge on any atom is 0.216 e. The topological polar surface area (TPSA) is 24.7 Å². The fourth-order valence-corrected chi connectivity index (χ4v) is 1.54. The Labute approximate surface area is 92.5 Å². The molecule has 15 heavy (non-hydrogen) atoms. The number of quaternary nitrogens is 1. The van der Waals surface area contributed by atoms with Crippen LogP contribution < -0.4 is 4.90 Å². The van der Waals surface area contributed by atoms with Crippen LogP contribution in [0.2, 0.25) is 0 Å². The van der Waals surface area contributed by atoms with E-state index in [4.69, 9.17) is 0 Å². The van der Waals surface area contributed by atoms with Gasteiger partial charge in [0.2, 0.25) is 6.23 Å². The number of hydrogen-bond donors (Lipinski definition) is 2. The van der Waals surface area contributed by atoms with Crippen molar-refractivity contribution in [2.75, 3.05) is 7.05 Å². The predicted molar refractivity (Wildman–Crippen MR) is 62.8 cm³/mol. The third-order valence-corrected chi connectivity index (χ3v) is 3.08. The van der Waals surface area contributed by atoms with Crippen molar-refractivity contribution in [2.24, 2.45) is 0 Å². The second kappa shape index (κ2) is 4.33. The molecule has 2 heteroatoms. The fourth-order valence-electron chi connectivity index (χ4n) is 1.54. The molecule has 2 N–H and O–H groups in total. The quantitative estimate of drug-likeness (QED) is 0.704. The summed E-state index contributed by atoms with van der Waals surface area (Å²) < 4.78 is 0. The van der Waals surface area contributed by atoms with E-state index in [1.165, 1.54) is 0 Å². The first-order valence-corrected chi connectivity index (χ1v) is 5.41. The molecule has 1 aromatic rings. The molecule has 0 aliphatic heterocycles. The van der Waals surface area contributed by atoms with E-state index in [-0.39, 0.29) is 5.54 Å². The SMILES string of the molecule is Cc1ccccc1C(O)[NH+](C)C(C)(C)C. The van der Waals surface area contributed by atoms with Crippen molar-refractivity contribution in [3.8, 4) is 0 Å². The van der Waals surface area contributed by atoms with Crippen LogP contribution in [0.5, 0.6) is 0 Å². The molecule has 1 aromatic carbocycles. The number of hydrogen-bond acceptors (Lipinski definition) is 1. The van der Waals surface area contributed by atoms with Gasteiger partial charge in [0.25, 0.3) is 0 Å². The Balaban J connectivity index is 2.95. The molecule has 2 atom stereocenters. The van der Waals surface area contributed by atoms with Crippen molar-refractivity contribution in [1.29, 1.82) is 0 Å². The molecule has 2 unspecified atom stereocenters. The lowest BCUT2D eigenvalue weighted by molar-refractivity contribution is -0.979. The van der Waals surface area contributed by atoms with Gasteiger partial charge < -0.3 is 10.0 Å². The van der Waals surface area contributed by atoms with Gasteiger partial charge in [0.05, 0.1) is 12.6 Å². The van der Waals surface area contributed by atoms with Crippen LogP contribution in [0.1, 0.15) is 38.1 Å². The third-order valence-electron chi connectivity index (χ3n) is 3.08. The largest absolute Gasteiger partial charge is 0.341 e. The Bertz CT molecular complexity index is 328. The second-order valence-corrected chi connectivity index (χ2v) is 5.19. The summed E-state index contributed by atoms with van der Waals surface area (Å²) >= 11 is 0. The van der Waals surface area contributed by atoms with E-state index in [1.54, 1.807) is 0 Å². The molecule has 0 saturated heterocycles. The fraction of sp³-hybridized carbons (Fsp3) is 0.538. The number of aliphatic hydroxyl groups is 1. The Morgan fingerprint density at radius 2 is 1.73 bits per heavy atom. The number of benzene rings is 1. The summed E-state index contributed by atoms with van der Waals surface area (Å²) in [5.74, 6) is 0. The molecule has 0 bridgehead atoms. The molecule has 0 fully saturated rings. The second-order valence-electron chi connectivity index (χ2n) is 5.19. The number of rotatable bonds is 2. The summed E-state index contributed by atoms with van der Waals surface area (Å²) in [5, 5.41) is 10.3.